The van der Waals surface area contributed by atoms with Crippen LogP contribution >= 0.6 is 11.3 Å². The number of ether oxygens (including phenoxy) is 3. The van der Waals surface area contributed by atoms with E-state index in [1.54, 1.807) is 19.2 Å². The molecular weight excluding hydrogens is 601 g/mol. The van der Waals surface area contributed by atoms with Crippen molar-refractivity contribution in [1.82, 2.24) is 9.29 Å². The van der Waals surface area contributed by atoms with Gasteiger partial charge in [0.1, 0.15) is 0 Å². The number of aromatic nitrogens is 1. The Morgan fingerprint density at radius 2 is 1.61 bits per heavy atom. The lowest BCUT2D eigenvalue weighted by molar-refractivity contribution is 0.0987. The highest BCUT2D eigenvalue weighted by Gasteiger charge is 2.29. The zero-order chi connectivity index (χ0) is 31.4. The fourth-order valence-corrected chi connectivity index (χ4v) is 7.73. The first-order chi connectivity index (χ1) is 21.2. The second kappa shape index (κ2) is 13.3. The van der Waals surface area contributed by atoms with Gasteiger partial charge in [-0.2, -0.15) is 14.4 Å². The van der Waals surface area contributed by atoms with E-state index in [4.69, 9.17) is 14.2 Å². The largest absolute Gasteiger partial charge is 0.493 e. The average Bonchev–Trinajstić information content (AvgIpc) is 3.47. The van der Waals surface area contributed by atoms with E-state index >= 15 is 0 Å². The van der Waals surface area contributed by atoms with Gasteiger partial charge >= 0.3 is 0 Å². The third-order valence-electron chi connectivity index (χ3n) is 7.78. The summed E-state index contributed by atoms with van der Waals surface area (Å²) in [6, 6.07) is 15.3. The quantitative estimate of drug-likeness (QED) is 0.149. The molecule has 1 saturated carbocycles. The number of methoxy groups -OCH3 is 3. The fourth-order valence-electron chi connectivity index (χ4n) is 5.30. The minimum absolute atomic E-state index is 0.0160. The molecule has 0 radical (unpaired) electrons. The number of anilines is 1. The summed E-state index contributed by atoms with van der Waals surface area (Å²) in [5.74, 6) is 0.855. The molecule has 4 aromatic rings. The first-order valence-electron chi connectivity index (χ1n) is 14.3. The van der Waals surface area contributed by atoms with Crippen LogP contribution in [-0.4, -0.2) is 64.2 Å². The second-order valence-electron chi connectivity index (χ2n) is 10.6. The van der Waals surface area contributed by atoms with Crippen LogP contribution in [0.15, 0.2) is 64.6 Å². The number of hydrogen-bond donors (Lipinski definition) is 0. The minimum Gasteiger partial charge on any atom is -0.493 e. The zero-order valence-electron chi connectivity index (χ0n) is 25.4. The van der Waals surface area contributed by atoms with E-state index in [1.165, 1.54) is 72.5 Å². The van der Waals surface area contributed by atoms with Gasteiger partial charge in [0.2, 0.25) is 20.9 Å². The summed E-state index contributed by atoms with van der Waals surface area (Å²) in [6.45, 7) is 1.99. The predicted octanol–water partition coefficient (Wildman–Crippen LogP) is 6.26. The third-order valence-corrected chi connectivity index (χ3v) is 10.7. The number of hydrogen-bond acceptors (Lipinski definition) is 9. The number of aryl methyl sites for hydroxylation is 1. The normalized spacial score (nSPS) is 14.3. The predicted molar refractivity (Wildman–Crippen MR) is 173 cm³/mol. The number of amides is 1. The summed E-state index contributed by atoms with van der Waals surface area (Å²) >= 11 is 1.33. The van der Waals surface area contributed by atoms with Gasteiger partial charge in [-0.15, -0.1) is 0 Å². The lowest BCUT2D eigenvalue weighted by Crippen LogP contribution is -2.38. The first kappa shape index (κ1) is 31.4. The molecule has 5 rings (SSSR count). The number of sulfonamides is 1. The van der Waals surface area contributed by atoms with Gasteiger partial charge in [0, 0.05) is 24.2 Å². The Bertz CT molecular complexity index is 1760. The van der Waals surface area contributed by atoms with E-state index in [1.807, 2.05) is 25.1 Å². The maximum Gasteiger partial charge on any atom is 0.280 e. The van der Waals surface area contributed by atoms with Crippen molar-refractivity contribution in [1.29, 1.82) is 0 Å². The Morgan fingerprint density at radius 3 is 2.23 bits per heavy atom. The molecule has 0 N–H and O–H groups in total. The summed E-state index contributed by atoms with van der Waals surface area (Å²) in [7, 11) is 2.50. The van der Waals surface area contributed by atoms with Crippen molar-refractivity contribution in [3.8, 4) is 17.2 Å². The minimum atomic E-state index is -3.71. The van der Waals surface area contributed by atoms with Crippen LogP contribution < -0.4 is 19.2 Å². The number of fused-ring (bicyclic) bond motifs is 1. The molecule has 0 spiro atoms. The van der Waals surface area contributed by atoms with Crippen LogP contribution in [0.2, 0.25) is 0 Å². The Labute approximate surface area is 261 Å². The molecule has 1 aliphatic carbocycles. The van der Waals surface area contributed by atoms with Crippen LogP contribution in [0.25, 0.3) is 10.2 Å². The van der Waals surface area contributed by atoms with E-state index < -0.39 is 15.9 Å². The summed E-state index contributed by atoms with van der Waals surface area (Å²) in [6.07, 6.45) is 6.40. The molecule has 1 fully saturated rings. The van der Waals surface area contributed by atoms with E-state index in [0.717, 1.165) is 47.9 Å². The molecule has 232 valence electrons. The Balaban J connectivity index is 1.49. The molecule has 10 nitrogen and oxygen atoms in total. The van der Waals surface area contributed by atoms with Crippen molar-refractivity contribution in [3.63, 3.8) is 0 Å². The average molecular weight is 637 g/mol. The topological polar surface area (TPSA) is 111 Å². The Kier molecular flexibility index (Phi) is 9.52. The van der Waals surface area contributed by atoms with Gasteiger partial charge in [0.25, 0.3) is 5.91 Å². The number of hydrazone groups is 1. The van der Waals surface area contributed by atoms with E-state index in [9.17, 15) is 13.2 Å². The molecule has 1 aromatic heterocycles. The molecular formula is C32H36N4O6S2. The number of rotatable bonds is 10. The maximum absolute atomic E-state index is 13.9. The molecule has 12 heteroatoms. The Hall–Kier alpha value is -4.00. The van der Waals surface area contributed by atoms with E-state index in [2.05, 4.69) is 10.1 Å². The molecule has 0 atom stereocenters. The van der Waals surface area contributed by atoms with Crippen LogP contribution in [0, 0.1) is 6.92 Å². The number of carbonyl (C=O) groups excluding carboxylic acids is 1. The summed E-state index contributed by atoms with van der Waals surface area (Å²) in [5.41, 5.74) is 2.67. The van der Waals surface area contributed by atoms with Gasteiger partial charge in [0.15, 0.2) is 11.5 Å². The highest BCUT2D eigenvalue weighted by Crippen LogP contribution is 2.38. The van der Waals surface area contributed by atoms with Crippen molar-refractivity contribution in [2.75, 3.05) is 33.4 Å². The first-order valence-corrected chi connectivity index (χ1v) is 16.6. The standard InChI is InChI=1S/C32H36N4O6S2/c1-21-11-16-26-29(17-21)43-32(34-26)36(33-20-22-18-27(40-3)30(42-5)28(19-22)41-4)31(37)23-12-14-25(15-13-23)44(38,39)35(2)24-9-7-6-8-10-24/h11-20,24H,6-10H2,1-5H3/b33-20+. The van der Waals surface area contributed by atoms with Crippen LogP contribution in [0.4, 0.5) is 5.13 Å². The summed E-state index contributed by atoms with van der Waals surface area (Å²) in [5, 5.41) is 6.14. The SMILES string of the molecule is COc1cc(/C=N/N(C(=O)c2ccc(S(=O)(=O)N(C)C3CCCCC3)cc2)c2nc3ccc(C)cc3s2)cc(OC)c1OC. The van der Waals surface area contributed by atoms with Gasteiger partial charge in [-0.3, -0.25) is 4.79 Å². The van der Waals surface area contributed by atoms with Crippen LogP contribution in [0.1, 0.15) is 53.6 Å². The van der Waals surface area contributed by atoms with Crippen molar-refractivity contribution in [2.24, 2.45) is 5.10 Å². The van der Waals surface area contributed by atoms with E-state index in [-0.39, 0.29) is 16.5 Å². The molecule has 0 saturated heterocycles. The van der Waals surface area contributed by atoms with Crippen LogP contribution in [0.5, 0.6) is 17.2 Å². The fraction of sp³-hybridized carbons (Fsp3) is 0.344. The number of benzene rings is 3. The Morgan fingerprint density at radius 1 is 0.955 bits per heavy atom. The molecule has 1 heterocycles. The second-order valence-corrected chi connectivity index (χ2v) is 13.6. The highest BCUT2D eigenvalue weighted by molar-refractivity contribution is 7.89. The van der Waals surface area contributed by atoms with Crippen LogP contribution in [0.3, 0.4) is 0 Å². The summed E-state index contributed by atoms with van der Waals surface area (Å²) < 4.78 is 45.5. The number of thiazole rings is 1. The lowest BCUT2D eigenvalue weighted by Gasteiger charge is -2.30. The van der Waals surface area contributed by atoms with Gasteiger partial charge in [-0.1, -0.05) is 36.7 Å². The van der Waals surface area contributed by atoms with Crippen LogP contribution in [-0.2, 0) is 10.0 Å². The smallest absolute Gasteiger partial charge is 0.280 e. The highest BCUT2D eigenvalue weighted by atomic mass is 32.2. The molecule has 0 unspecified atom stereocenters. The van der Waals surface area contributed by atoms with E-state index in [0.29, 0.717) is 27.9 Å². The summed E-state index contributed by atoms with van der Waals surface area (Å²) in [4.78, 5) is 18.8. The molecule has 3 aromatic carbocycles. The van der Waals surface area contributed by atoms with Crippen molar-refractivity contribution in [3.05, 3.63) is 71.3 Å². The van der Waals surface area contributed by atoms with Crippen molar-refractivity contribution >= 4 is 48.8 Å². The molecule has 1 amide bonds. The monoisotopic (exact) mass is 636 g/mol. The molecule has 0 aliphatic heterocycles. The third kappa shape index (κ3) is 6.42. The van der Waals surface area contributed by atoms with Gasteiger partial charge in [-0.25, -0.2) is 13.4 Å². The zero-order valence-corrected chi connectivity index (χ0v) is 27.1. The molecule has 1 aliphatic rings. The van der Waals surface area contributed by atoms with Gasteiger partial charge in [0.05, 0.1) is 42.7 Å². The van der Waals surface area contributed by atoms with Gasteiger partial charge < -0.3 is 14.2 Å². The van der Waals surface area contributed by atoms with Crippen molar-refractivity contribution in [2.45, 2.75) is 50.0 Å². The van der Waals surface area contributed by atoms with Crippen molar-refractivity contribution < 1.29 is 27.4 Å². The van der Waals surface area contributed by atoms with Gasteiger partial charge in [-0.05, 0) is 73.9 Å². The maximum atomic E-state index is 13.9. The lowest BCUT2D eigenvalue weighted by atomic mass is 9.96. The molecule has 0 bridgehead atoms. The molecule has 44 heavy (non-hydrogen) atoms. The number of nitrogens with zero attached hydrogens (tertiary/aromatic N) is 4. The number of carbonyl (C=O) groups is 1.